The zero-order chi connectivity index (χ0) is 13.2. The summed E-state index contributed by atoms with van der Waals surface area (Å²) in [6, 6.07) is 2.62. The number of allylic oxidation sites excluding steroid dienone is 1. The SMILES string of the molecule is C=CCCCCCC(NCC)c1ccncc1C. The molecule has 0 aromatic carbocycles. The number of aryl methyl sites for hydroxylation is 1. The van der Waals surface area contributed by atoms with E-state index in [1.165, 1.54) is 36.8 Å². The first-order chi connectivity index (χ1) is 8.79. The fraction of sp³-hybridized carbons (Fsp3) is 0.562. The Morgan fingerprint density at radius 3 is 2.89 bits per heavy atom. The molecule has 0 aliphatic carbocycles. The maximum atomic E-state index is 4.17. The summed E-state index contributed by atoms with van der Waals surface area (Å²) in [6.45, 7) is 9.09. The highest BCUT2D eigenvalue weighted by Gasteiger charge is 2.11. The second-order valence-electron chi connectivity index (χ2n) is 4.77. The Hall–Kier alpha value is -1.15. The maximum absolute atomic E-state index is 4.17. The normalized spacial score (nSPS) is 12.3. The van der Waals surface area contributed by atoms with Gasteiger partial charge in [-0.25, -0.2) is 0 Å². The van der Waals surface area contributed by atoms with E-state index in [-0.39, 0.29) is 0 Å². The Labute approximate surface area is 112 Å². The molecule has 1 rings (SSSR count). The Kier molecular flexibility index (Phi) is 7.35. The van der Waals surface area contributed by atoms with Crippen molar-refractivity contribution in [3.05, 3.63) is 42.2 Å². The highest BCUT2D eigenvalue weighted by molar-refractivity contribution is 5.25. The molecule has 2 heteroatoms. The zero-order valence-electron chi connectivity index (χ0n) is 11.8. The summed E-state index contributed by atoms with van der Waals surface area (Å²) in [5.41, 5.74) is 2.69. The van der Waals surface area contributed by atoms with Crippen LogP contribution in [0.25, 0.3) is 0 Å². The van der Waals surface area contributed by atoms with Crippen LogP contribution in [0.2, 0.25) is 0 Å². The van der Waals surface area contributed by atoms with Gasteiger partial charge >= 0.3 is 0 Å². The minimum Gasteiger partial charge on any atom is -0.310 e. The molecule has 1 atom stereocenters. The summed E-state index contributed by atoms with van der Waals surface area (Å²) in [5, 5.41) is 3.58. The first-order valence-electron chi connectivity index (χ1n) is 7.04. The van der Waals surface area contributed by atoms with Gasteiger partial charge in [-0.05, 0) is 49.9 Å². The number of hydrogen-bond donors (Lipinski definition) is 1. The van der Waals surface area contributed by atoms with Crippen LogP contribution in [0.4, 0.5) is 0 Å². The van der Waals surface area contributed by atoms with E-state index < -0.39 is 0 Å². The molecule has 0 saturated heterocycles. The molecule has 1 aromatic heterocycles. The lowest BCUT2D eigenvalue weighted by molar-refractivity contribution is 0.481. The molecule has 1 N–H and O–H groups in total. The molecule has 0 aliphatic heterocycles. The van der Waals surface area contributed by atoms with Crippen molar-refractivity contribution in [1.29, 1.82) is 0 Å². The lowest BCUT2D eigenvalue weighted by Crippen LogP contribution is -2.21. The quantitative estimate of drug-likeness (QED) is 0.522. The van der Waals surface area contributed by atoms with Gasteiger partial charge in [0.2, 0.25) is 0 Å². The molecule has 0 spiro atoms. The van der Waals surface area contributed by atoms with Crippen molar-refractivity contribution < 1.29 is 0 Å². The average molecular weight is 246 g/mol. The van der Waals surface area contributed by atoms with E-state index in [0.717, 1.165) is 13.0 Å². The Bertz CT molecular complexity index is 347. The molecule has 100 valence electrons. The van der Waals surface area contributed by atoms with Crippen LogP contribution in [0.5, 0.6) is 0 Å². The monoisotopic (exact) mass is 246 g/mol. The molecule has 1 heterocycles. The standard InChI is InChI=1S/C16H26N2/c1-4-6-7-8-9-10-16(18-5-2)15-11-12-17-13-14(15)3/h4,11-13,16,18H,1,5-10H2,2-3H3. The van der Waals surface area contributed by atoms with Gasteiger partial charge in [0.25, 0.3) is 0 Å². The van der Waals surface area contributed by atoms with Gasteiger partial charge in [-0.15, -0.1) is 6.58 Å². The number of rotatable bonds is 9. The van der Waals surface area contributed by atoms with Crippen molar-refractivity contribution in [3.63, 3.8) is 0 Å². The summed E-state index contributed by atoms with van der Waals surface area (Å²) in [7, 11) is 0. The summed E-state index contributed by atoms with van der Waals surface area (Å²) in [6.07, 6.45) is 12.0. The van der Waals surface area contributed by atoms with Crippen LogP contribution in [0.15, 0.2) is 31.1 Å². The molecule has 18 heavy (non-hydrogen) atoms. The second-order valence-corrected chi connectivity index (χ2v) is 4.77. The van der Waals surface area contributed by atoms with Crippen LogP contribution < -0.4 is 5.32 Å². The Morgan fingerprint density at radius 2 is 2.22 bits per heavy atom. The number of aromatic nitrogens is 1. The molecule has 1 unspecified atom stereocenters. The first-order valence-corrected chi connectivity index (χ1v) is 7.04. The van der Waals surface area contributed by atoms with Crippen LogP contribution in [0.3, 0.4) is 0 Å². The fourth-order valence-electron chi connectivity index (χ4n) is 2.30. The average Bonchev–Trinajstić information content (AvgIpc) is 2.38. The van der Waals surface area contributed by atoms with Crippen molar-refractivity contribution in [2.75, 3.05) is 6.54 Å². The van der Waals surface area contributed by atoms with E-state index in [0.29, 0.717) is 6.04 Å². The molecule has 1 aromatic rings. The molecule has 0 saturated carbocycles. The number of unbranched alkanes of at least 4 members (excludes halogenated alkanes) is 3. The summed E-state index contributed by atoms with van der Waals surface area (Å²) < 4.78 is 0. The molecule has 0 radical (unpaired) electrons. The van der Waals surface area contributed by atoms with Crippen LogP contribution in [0, 0.1) is 6.92 Å². The number of pyridine rings is 1. The molecule has 0 aliphatic rings. The Balaban J connectivity index is 2.49. The molecular weight excluding hydrogens is 220 g/mol. The van der Waals surface area contributed by atoms with E-state index in [9.17, 15) is 0 Å². The van der Waals surface area contributed by atoms with Crippen LogP contribution in [-0.4, -0.2) is 11.5 Å². The van der Waals surface area contributed by atoms with Crippen molar-refractivity contribution >= 4 is 0 Å². The van der Waals surface area contributed by atoms with Gasteiger partial charge in [-0.3, -0.25) is 4.98 Å². The minimum absolute atomic E-state index is 0.474. The predicted molar refractivity (Wildman–Crippen MR) is 78.7 cm³/mol. The van der Waals surface area contributed by atoms with E-state index in [1.54, 1.807) is 0 Å². The largest absolute Gasteiger partial charge is 0.310 e. The summed E-state index contributed by atoms with van der Waals surface area (Å²) in [5.74, 6) is 0. The third-order valence-corrected chi connectivity index (χ3v) is 3.29. The van der Waals surface area contributed by atoms with E-state index in [2.05, 4.69) is 36.8 Å². The van der Waals surface area contributed by atoms with Gasteiger partial charge in [0.05, 0.1) is 0 Å². The molecule has 0 bridgehead atoms. The van der Waals surface area contributed by atoms with Gasteiger partial charge in [-0.1, -0.05) is 25.8 Å². The number of nitrogens with one attached hydrogen (secondary N) is 1. The van der Waals surface area contributed by atoms with Crippen molar-refractivity contribution in [3.8, 4) is 0 Å². The topological polar surface area (TPSA) is 24.9 Å². The summed E-state index contributed by atoms with van der Waals surface area (Å²) >= 11 is 0. The zero-order valence-corrected chi connectivity index (χ0v) is 11.8. The highest BCUT2D eigenvalue weighted by Crippen LogP contribution is 2.22. The van der Waals surface area contributed by atoms with Gasteiger partial charge in [0, 0.05) is 18.4 Å². The van der Waals surface area contributed by atoms with Crippen LogP contribution >= 0.6 is 0 Å². The number of nitrogens with zero attached hydrogens (tertiary/aromatic N) is 1. The van der Waals surface area contributed by atoms with Gasteiger partial charge in [-0.2, -0.15) is 0 Å². The van der Waals surface area contributed by atoms with E-state index in [1.807, 2.05) is 18.5 Å². The van der Waals surface area contributed by atoms with E-state index >= 15 is 0 Å². The van der Waals surface area contributed by atoms with Crippen molar-refractivity contribution in [1.82, 2.24) is 10.3 Å². The van der Waals surface area contributed by atoms with Crippen molar-refractivity contribution in [2.45, 2.75) is 52.0 Å². The second kappa shape index (κ2) is 8.87. The molecular formula is C16H26N2. The lowest BCUT2D eigenvalue weighted by atomic mass is 9.97. The number of hydrogen-bond acceptors (Lipinski definition) is 2. The highest BCUT2D eigenvalue weighted by atomic mass is 14.9. The third kappa shape index (κ3) is 5.01. The maximum Gasteiger partial charge on any atom is 0.0323 e. The molecule has 0 fully saturated rings. The minimum atomic E-state index is 0.474. The predicted octanol–water partition coefficient (Wildman–Crippen LogP) is 4.18. The molecule has 2 nitrogen and oxygen atoms in total. The molecule has 0 amide bonds. The Morgan fingerprint density at radius 1 is 1.39 bits per heavy atom. The van der Waals surface area contributed by atoms with Gasteiger partial charge < -0.3 is 5.32 Å². The lowest BCUT2D eigenvalue weighted by Gasteiger charge is -2.20. The van der Waals surface area contributed by atoms with Crippen LogP contribution in [0.1, 0.15) is 56.2 Å². The summed E-state index contributed by atoms with van der Waals surface area (Å²) in [4.78, 5) is 4.17. The first kappa shape index (κ1) is 14.9. The van der Waals surface area contributed by atoms with Gasteiger partial charge in [0.15, 0.2) is 0 Å². The van der Waals surface area contributed by atoms with Crippen LogP contribution in [-0.2, 0) is 0 Å². The van der Waals surface area contributed by atoms with Crippen molar-refractivity contribution in [2.24, 2.45) is 0 Å². The van der Waals surface area contributed by atoms with E-state index in [4.69, 9.17) is 0 Å². The van der Waals surface area contributed by atoms with Gasteiger partial charge in [0.1, 0.15) is 0 Å². The fourth-order valence-corrected chi connectivity index (χ4v) is 2.30. The smallest absolute Gasteiger partial charge is 0.0323 e. The third-order valence-electron chi connectivity index (χ3n) is 3.29.